The monoisotopic (exact) mass is 284 g/mol. The summed E-state index contributed by atoms with van der Waals surface area (Å²) in [5.41, 5.74) is 1.55. The SMILES string of the molecule is CC(CBr)COc1ccc(C(C)(C)C)cc1. The van der Waals surface area contributed by atoms with Gasteiger partial charge in [0, 0.05) is 5.33 Å². The molecule has 90 valence electrons. The van der Waals surface area contributed by atoms with Crippen molar-refractivity contribution in [2.24, 2.45) is 5.92 Å². The van der Waals surface area contributed by atoms with Gasteiger partial charge in [-0.2, -0.15) is 0 Å². The molecule has 1 aromatic rings. The van der Waals surface area contributed by atoms with Crippen molar-refractivity contribution < 1.29 is 4.74 Å². The van der Waals surface area contributed by atoms with E-state index < -0.39 is 0 Å². The van der Waals surface area contributed by atoms with Gasteiger partial charge in [-0.3, -0.25) is 0 Å². The Hall–Kier alpha value is -0.500. The third kappa shape index (κ3) is 4.17. The molecule has 0 bridgehead atoms. The van der Waals surface area contributed by atoms with Crippen LogP contribution in [-0.4, -0.2) is 11.9 Å². The van der Waals surface area contributed by atoms with E-state index in [0.717, 1.165) is 17.7 Å². The number of rotatable bonds is 4. The van der Waals surface area contributed by atoms with Gasteiger partial charge in [-0.05, 0) is 29.0 Å². The van der Waals surface area contributed by atoms with Gasteiger partial charge < -0.3 is 4.74 Å². The van der Waals surface area contributed by atoms with Crippen LogP contribution < -0.4 is 4.74 Å². The first-order valence-corrected chi connectivity index (χ1v) is 6.85. The molecule has 1 unspecified atom stereocenters. The minimum Gasteiger partial charge on any atom is -0.493 e. The third-order valence-corrected chi connectivity index (χ3v) is 3.62. The molecule has 0 aliphatic carbocycles. The molecule has 1 aromatic carbocycles. The van der Waals surface area contributed by atoms with Crippen molar-refractivity contribution in [3.05, 3.63) is 29.8 Å². The van der Waals surface area contributed by atoms with Crippen LogP contribution in [0.25, 0.3) is 0 Å². The van der Waals surface area contributed by atoms with Crippen LogP contribution in [0.4, 0.5) is 0 Å². The molecule has 0 saturated carbocycles. The van der Waals surface area contributed by atoms with Gasteiger partial charge in [0.2, 0.25) is 0 Å². The Morgan fingerprint density at radius 3 is 2.19 bits per heavy atom. The van der Waals surface area contributed by atoms with Gasteiger partial charge in [-0.1, -0.05) is 55.8 Å². The number of benzene rings is 1. The van der Waals surface area contributed by atoms with Crippen LogP contribution in [0, 0.1) is 5.92 Å². The molecule has 0 aromatic heterocycles. The van der Waals surface area contributed by atoms with Crippen LogP contribution in [0.2, 0.25) is 0 Å². The molecule has 0 fully saturated rings. The van der Waals surface area contributed by atoms with Crippen LogP contribution in [-0.2, 0) is 5.41 Å². The zero-order valence-corrected chi connectivity index (χ0v) is 12.2. The van der Waals surface area contributed by atoms with Crippen molar-refractivity contribution >= 4 is 15.9 Å². The zero-order chi connectivity index (χ0) is 12.2. The van der Waals surface area contributed by atoms with Crippen molar-refractivity contribution in [3.63, 3.8) is 0 Å². The number of halogens is 1. The van der Waals surface area contributed by atoms with E-state index in [1.165, 1.54) is 5.56 Å². The predicted octanol–water partition coefficient (Wildman–Crippen LogP) is 4.39. The average Bonchev–Trinajstić information content (AvgIpc) is 2.25. The summed E-state index contributed by atoms with van der Waals surface area (Å²) in [6.45, 7) is 9.58. The Bertz CT molecular complexity index is 311. The molecule has 0 heterocycles. The molecule has 1 rings (SSSR count). The molecular formula is C14H21BrO. The Morgan fingerprint density at radius 2 is 1.75 bits per heavy atom. The van der Waals surface area contributed by atoms with E-state index in [-0.39, 0.29) is 5.41 Å². The maximum absolute atomic E-state index is 5.70. The number of ether oxygens (including phenoxy) is 1. The van der Waals surface area contributed by atoms with Crippen LogP contribution >= 0.6 is 15.9 Å². The lowest BCUT2D eigenvalue weighted by atomic mass is 9.87. The van der Waals surface area contributed by atoms with E-state index in [1.54, 1.807) is 0 Å². The number of hydrogen-bond donors (Lipinski definition) is 0. The molecule has 0 aliphatic rings. The highest BCUT2D eigenvalue weighted by molar-refractivity contribution is 9.09. The smallest absolute Gasteiger partial charge is 0.119 e. The first-order valence-electron chi connectivity index (χ1n) is 5.73. The lowest BCUT2D eigenvalue weighted by molar-refractivity contribution is 0.274. The summed E-state index contributed by atoms with van der Waals surface area (Å²) in [4.78, 5) is 0. The minimum atomic E-state index is 0.210. The largest absolute Gasteiger partial charge is 0.493 e. The van der Waals surface area contributed by atoms with Crippen LogP contribution in [0.5, 0.6) is 5.75 Å². The van der Waals surface area contributed by atoms with Gasteiger partial charge in [-0.25, -0.2) is 0 Å². The molecule has 0 spiro atoms. The topological polar surface area (TPSA) is 9.23 Å². The van der Waals surface area contributed by atoms with Crippen LogP contribution in [0.15, 0.2) is 24.3 Å². The standard InChI is InChI=1S/C14H21BrO/c1-11(9-15)10-16-13-7-5-12(6-8-13)14(2,3)4/h5-8,11H,9-10H2,1-4H3. The van der Waals surface area contributed by atoms with Crippen molar-refractivity contribution in [2.45, 2.75) is 33.1 Å². The van der Waals surface area contributed by atoms with E-state index in [9.17, 15) is 0 Å². The second-order valence-corrected chi connectivity index (χ2v) is 5.99. The minimum absolute atomic E-state index is 0.210. The Labute approximate surface area is 107 Å². The fourth-order valence-corrected chi connectivity index (χ4v) is 1.52. The Morgan fingerprint density at radius 1 is 1.19 bits per heavy atom. The molecule has 2 heteroatoms. The third-order valence-electron chi connectivity index (χ3n) is 2.52. The van der Waals surface area contributed by atoms with Gasteiger partial charge in [0.1, 0.15) is 5.75 Å². The van der Waals surface area contributed by atoms with Gasteiger partial charge in [0.25, 0.3) is 0 Å². The fraction of sp³-hybridized carbons (Fsp3) is 0.571. The van der Waals surface area contributed by atoms with Gasteiger partial charge in [0.15, 0.2) is 0 Å². The molecule has 1 atom stereocenters. The second kappa shape index (κ2) is 5.72. The summed E-state index contributed by atoms with van der Waals surface area (Å²) in [7, 11) is 0. The average molecular weight is 285 g/mol. The summed E-state index contributed by atoms with van der Waals surface area (Å²) in [6, 6.07) is 8.41. The summed E-state index contributed by atoms with van der Waals surface area (Å²) >= 11 is 3.45. The molecular weight excluding hydrogens is 264 g/mol. The Kier molecular flexibility index (Phi) is 4.85. The second-order valence-electron chi connectivity index (χ2n) is 5.34. The van der Waals surface area contributed by atoms with Gasteiger partial charge >= 0.3 is 0 Å². The van der Waals surface area contributed by atoms with E-state index in [2.05, 4.69) is 67.9 Å². The van der Waals surface area contributed by atoms with Crippen molar-refractivity contribution in [1.29, 1.82) is 0 Å². The number of hydrogen-bond acceptors (Lipinski definition) is 1. The lowest BCUT2D eigenvalue weighted by Crippen LogP contribution is -2.11. The fourth-order valence-electron chi connectivity index (χ4n) is 1.33. The molecule has 0 amide bonds. The summed E-state index contributed by atoms with van der Waals surface area (Å²) in [6.07, 6.45) is 0. The quantitative estimate of drug-likeness (QED) is 0.745. The van der Waals surface area contributed by atoms with Crippen molar-refractivity contribution in [2.75, 3.05) is 11.9 Å². The maximum atomic E-state index is 5.70. The van der Waals surface area contributed by atoms with E-state index in [1.807, 2.05) is 0 Å². The number of alkyl halides is 1. The first kappa shape index (κ1) is 13.6. The normalized spacial score (nSPS) is 13.6. The van der Waals surface area contributed by atoms with E-state index >= 15 is 0 Å². The van der Waals surface area contributed by atoms with Gasteiger partial charge in [0.05, 0.1) is 6.61 Å². The Balaban J connectivity index is 2.58. The van der Waals surface area contributed by atoms with Crippen LogP contribution in [0.1, 0.15) is 33.3 Å². The van der Waals surface area contributed by atoms with E-state index in [0.29, 0.717) is 5.92 Å². The molecule has 0 radical (unpaired) electrons. The molecule has 16 heavy (non-hydrogen) atoms. The summed E-state index contributed by atoms with van der Waals surface area (Å²) in [5.74, 6) is 1.50. The molecule has 0 N–H and O–H groups in total. The van der Waals surface area contributed by atoms with Crippen LogP contribution in [0.3, 0.4) is 0 Å². The van der Waals surface area contributed by atoms with E-state index in [4.69, 9.17) is 4.74 Å². The molecule has 0 aliphatic heterocycles. The van der Waals surface area contributed by atoms with Crippen molar-refractivity contribution in [3.8, 4) is 5.75 Å². The maximum Gasteiger partial charge on any atom is 0.119 e. The molecule has 0 saturated heterocycles. The molecule has 1 nitrogen and oxygen atoms in total. The summed E-state index contributed by atoms with van der Waals surface area (Å²) < 4.78 is 5.70. The lowest BCUT2D eigenvalue weighted by Gasteiger charge is -2.19. The zero-order valence-electron chi connectivity index (χ0n) is 10.6. The predicted molar refractivity (Wildman–Crippen MR) is 73.6 cm³/mol. The summed E-state index contributed by atoms with van der Waals surface area (Å²) in [5, 5.41) is 0.979. The first-order chi connectivity index (χ1) is 7.43. The van der Waals surface area contributed by atoms with Crippen molar-refractivity contribution in [1.82, 2.24) is 0 Å². The van der Waals surface area contributed by atoms with Gasteiger partial charge in [-0.15, -0.1) is 0 Å². The highest BCUT2D eigenvalue weighted by atomic mass is 79.9. The highest BCUT2D eigenvalue weighted by Gasteiger charge is 2.13. The highest BCUT2D eigenvalue weighted by Crippen LogP contribution is 2.24.